The van der Waals surface area contributed by atoms with Crippen LogP contribution in [0.5, 0.6) is 11.8 Å². The average Bonchev–Trinajstić information content (AvgIpc) is 2.33. The first kappa shape index (κ1) is 12.4. The number of aromatic nitrogens is 2. The van der Waals surface area contributed by atoms with Crippen LogP contribution in [0.2, 0.25) is 0 Å². The van der Waals surface area contributed by atoms with Crippen LogP contribution in [0, 0.1) is 19.7 Å². The molecule has 4 nitrogen and oxygen atoms in total. The van der Waals surface area contributed by atoms with Gasteiger partial charge in [-0.05, 0) is 37.6 Å². The largest absolute Gasteiger partial charge is 0.424 e. The summed E-state index contributed by atoms with van der Waals surface area (Å²) in [4.78, 5) is 8.26. The highest BCUT2D eigenvalue weighted by Gasteiger charge is 2.07. The molecule has 0 aliphatic rings. The normalized spacial score (nSPS) is 10.4. The first-order valence-electron chi connectivity index (χ1n) is 5.56. The van der Waals surface area contributed by atoms with Crippen LogP contribution in [-0.2, 0) is 6.54 Å². The van der Waals surface area contributed by atoms with E-state index in [1.54, 1.807) is 19.2 Å². The van der Waals surface area contributed by atoms with Gasteiger partial charge in [-0.25, -0.2) is 9.37 Å². The molecule has 1 aromatic heterocycles. The molecule has 0 aliphatic carbocycles. The minimum atomic E-state index is -0.296. The standard InChI is InChI=1S/C13H14FN3O/c1-8-5-11(14)3-4-12(8)18-13-16-7-10(6-15)9(2)17-13/h3-5,7H,6,15H2,1-2H3. The van der Waals surface area contributed by atoms with Gasteiger partial charge in [-0.2, -0.15) is 4.98 Å². The van der Waals surface area contributed by atoms with Crippen molar-refractivity contribution in [2.45, 2.75) is 20.4 Å². The van der Waals surface area contributed by atoms with Crippen molar-refractivity contribution >= 4 is 0 Å². The number of aryl methyl sites for hydroxylation is 2. The van der Waals surface area contributed by atoms with Gasteiger partial charge in [0.15, 0.2) is 0 Å². The summed E-state index contributed by atoms with van der Waals surface area (Å²) in [6.45, 7) is 4.00. The predicted octanol–water partition coefficient (Wildman–Crippen LogP) is 2.48. The van der Waals surface area contributed by atoms with Crippen LogP contribution in [0.15, 0.2) is 24.4 Å². The Labute approximate surface area is 105 Å². The van der Waals surface area contributed by atoms with E-state index in [2.05, 4.69) is 9.97 Å². The molecule has 1 heterocycles. The molecule has 0 bridgehead atoms. The zero-order valence-electron chi connectivity index (χ0n) is 10.3. The fourth-order valence-electron chi connectivity index (χ4n) is 1.55. The lowest BCUT2D eigenvalue weighted by atomic mass is 10.2. The minimum absolute atomic E-state index is 0.236. The number of halogens is 1. The van der Waals surface area contributed by atoms with Crippen LogP contribution in [0.4, 0.5) is 4.39 Å². The van der Waals surface area contributed by atoms with Crippen molar-refractivity contribution in [3.05, 3.63) is 47.0 Å². The topological polar surface area (TPSA) is 61.0 Å². The summed E-state index contributed by atoms with van der Waals surface area (Å²) in [5.41, 5.74) is 7.88. The molecule has 0 atom stereocenters. The van der Waals surface area contributed by atoms with Crippen molar-refractivity contribution < 1.29 is 9.13 Å². The van der Waals surface area contributed by atoms with Crippen LogP contribution >= 0.6 is 0 Å². The molecule has 2 N–H and O–H groups in total. The molecule has 0 spiro atoms. The molecule has 0 aliphatic heterocycles. The monoisotopic (exact) mass is 247 g/mol. The fraction of sp³-hybridized carbons (Fsp3) is 0.231. The maximum absolute atomic E-state index is 12.9. The van der Waals surface area contributed by atoms with Gasteiger partial charge in [-0.15, -0.1) is 0 Å². The van der Waals surface area contributed by atoms with Crippen LogP contribution in [-0.4, -0.2) is 9.97 Å². The van der Waals surface area contributed by atoms with E-state index in [-0.39, 0.29) is 11.8 Å². The van der Waals surface area contributed by atoms with E-state index in [0.717, 1.165) is 11.3 Å². The van der Waals surface area contributed by atoms with Crippen molar-refractivity contribution in [1.82, 2.24) is 9.97 Å². The molecule has 94 valence electrons. The van der Waals surface area contributed by atoms with Crippen molar-refractivity contribution in [3.63, 3.8) is 0 Å². The summed E-state index contributed by atoms with van der Waals surface area (Å²) >= 11 is 0. The van der Waals surface area contributed by atoms with Gasteiger partial charge in [0.1, 0.15) is 11.6 Å². The summed E-state index contributed by atoms with van der Waals surface area (Å²) in [6, 6.07) is 4.53. The van der Waals surface area contributed by atoms with E-state index < -0.39 is 0 Å². The Hall–Kier alpha value is -2.01. The first-order chi connectivity index (χ1) is 8.60. The second-order valence-corrected chi connectivity index (χ2v) is 3.98. The molecule has 18 heavy (non-hydrogen) atoms. The number of nitrogens with zero attached hydrogens (tertiary/aromatic N) is 2. The van der Waals surface area contributed by atoms with Crippen molar-refractivity contribution in [2.75, 3.05) is 0 Å². The third kappa shape index (κ3) is 2.62. The molecule has 0 radical (unpaired) electrons. The van der Waals surface area contributed by atoms with Gasteiger partial charge in [0.2, 0.25) is 0 Å². The lowest BCUT2D eigenvalue weighted by Gasteiger charge is -2.08. The molecule has 2 rings (SSSR count). The van der Waals surface area contributed by atoms with Gasteiger partial charge in [0, 0.05) is 24.0 Å². The third-order valence-electron chi connectivity index (χ3n) is 2.62. The summed E-state index contributed by atoms with van der Waals surface area (Å²) in [5, 5.41) is 0. The van der Waals surface area contributed by atoms with Gasteiger partial charge in [-0.3, -0.25) is 0 Å². The van der Waals surface area contributed by atoms with Gasteiger partial charge in [0.25, 0.3) is 0 Å². The highest BCUT2D eigenvalue weighted by Crippen LogP contribution is 2.23. The smallest absolute Gasteiger partial charge is 0.322 e. The molecular formula is C13H14FN3O. The highest BCUT2D eigenvalue weighted by atomic mass is 19.1. The first-order valence-corrected chi connectivity index (χ1v) is 5.56. The summed E-state index contributed by atoms with van der Waals surface area (Å²) in [6.07, 6.45) is 1.64. The molecule has 0 fully saturated rings. The zero-order chi connectivity index (χ0) is 13.1. The molecule has 0 unspecified atom stereocenters. The lowest BCUT2D eigenvalue weighted by Crippen LogP contribution is -2.03. The Kier molecular flexibility index (Phi) is 3.53. The Balaban J connectivity index is 2.26. The maximum Gasteiger partial charge on any atom is 0.322 e. The maximum atomic E-state index is 12.9. The fourth-order valence-corrected chi connectivity index (χ4v) is 1.55. The predicted molar refractivity (Wildman–Crippen MR) is 65.9 cm³/mol. The molecule has 2 aromatic rings. The van der Waals surface area contributed by atoms with E-state index in [1.807, 2.05) is 6.92 Å². The van der Waals surface area contributed by atoms with Crippen LogP contribution < -0.4 is 10.5 Å². The summed E-state index contributed by atoms with van der Waals surface area (Å²) in [5.74, 6) is 0.242. The van der Waals surface area contributed by atoms with Crippen LogP contribution in [0.1, 0.15) is 16.8 Å². The van der Waals surface area contributed by atoms with Gasteiger partial charge < -0.3 is 10.5 Å². The molecule has 0 amide bonds. The second kappa shape index (κ2) is 5.10. The van der Waals surface area contributed by atoms with Crippen LogP contribution in [0.3, 0.4) is 0 Å². The second-order valence-electron chi connectivity index (χ2n) is 3.98. The van der Waals surface area contributed by atoms with E-state index in [4.69, 9.17) is 10.5 Å². The molecule has 0 saturated carbocycles. The van der Waals surface area contributed by atoms with E-state index in [1.165, 1.54) is 12.1 Å². The molecule has 0 saturated heterocycles. The third-order valence-corrected chi connectivity index (χ3v) is 2.62. The Morgan fingerprint density at radius 3 is 2.72 bits per heavy atom. The average molecular weight is 247 g/mol. The number of hydrogen-bond donors (Lipinski definition) is 1. The van der Waals surface area contributed by atoms with Crippen LogP contribution in [0.25, 0.3) is 0 Å². The quantitative estimate of drug-likeness (QED) is 0.905. The Morgan fingerprint density at radius 1 is 1.33 bits per heavy atom. The molecule has 1 aromatic carbocycles. The number of rotatable bonds is 3. The number of ether oxygens (including phenoxy) is 1. The zero-order valence-corrected chi connectivity index (χ0v) is 10.3. The molecule has 5 heteroatoms. The Bertz CT molecular complexity index is 572. The van der Waals surface area contributed by atoms with E-state index >= 15 is 0 Å². The number of hydrogen-bond acceptors (Lipinski definition) is 4. The van der Waals surface area contributed by atoms with Gasteiger partial charge in [0.05, 0.1) is 0 Å². The lowest BCUT2D eigenvalue weighted by molar-refractivity contribution is 0.435. The van der Waals surface area contributed by atoms with Gasteiger partial charge in [-0.1, -0.05) is 0 Å². The minimum Gasteiger partial charge on any atom is -0.424 e. The number of benzene rings is 1. The molecular weight excluding hydrogens is 233 g/mol. The Morgan fingerprint density at radius 2 is 2.11 bits per heavy atom. The van der Waals surface area contributed by atoms with Crippen molar-refractivity contribution in [1.29, 1.82) is 0 Å². The summed E-state index contributed by atoms with van der Waals surface area (Å²) < 4.78 is 18.5. The van der Waals surface area contributed by atoms with Crippen molar-refractivity contribution in [3.8, 4) is 11.8 Å². The van der Waals surface area contributed by atoms with E-state index in [0.29, 0.717) is 17.9 Å². The highest BCUT2D eigenvalue weighted by molar-refractivity contribution is 5.34. The SMILES string of the molecule is Cc1cc(F)ccc1Oc1ncc(CN)c(C)n1. The van der Waals surface area contributed by atoms with Gasteiger partial charge >= 0.3 is 6.01 Å². The summed E-state index contributed by atoms with van der Waals surface area (Å²) in [7, 11) is 0. The van der Waals surface area contributed by atoms with E-state index in [9.17, 15) is 4.39 Å². The van der Waals surface area contributed by atoms with Crippen molar-refractivity contribution in [2.24, 2.45) is 5.73 Å². The number of nitrogens with two attached hydrogens (primary N) is 1.